The lowest BCUT2D eigenvalue weighted by molar-refractivity contribution is -0.140. The Kier molecular flexibility index (Phi) is 11.0. The van der Waals surface area contributed by atoms with E-state index in [0.717, 1.165) is 21.0 Å². The second-order valence-corrected chi connectivity index (χ2v) is 12.3. The van der Waals surface area contributed by atoms with Gasteiger partial charge in [-0.05, 0) is 63.9 Å². The molecule has 3 rings (SSSR count). The Bertz CT molecular complexity index is 1490. The number of aryl methyl sites for hydroxylation is 2. The number of nitrogens with one attached hydrogen (secondary N) is 1. The summed E-state index contributed by atoms with van der Waals surface area (Å²) < 4.78 is 40.0. The maximum absolute atomic E-state index is 14.2. The molecule has 226 valence electrons. The highest BCUT2D eigenvalue weighted by Gasteiger charge is 2.34. The first-order valence-corrected chi connectivity index (χ1v) is 15.3. The van der Waals surface area contributed by atoms with E-state index >= 15 is 0 Å². The summed E-state index contributed by atoms with van der Waals surface area (Å²) in [5.41, 5.74) is 3.10. The van der Waals surface area contributed by atoms with Gasteiger partial charge in [-0.3, -0.25) is 13.9 Å². The largest absolute Gasteiger partial charge is 0.493 e. The molecule has 1 atom stereocenters. The van der Waals surface area contributed by atoms with Crippen molar-refractivity contribution in [2.75, 3.05) is 25.1 Å². The average Bonchev–Trinajstić information content (AvgIpc) is 2.95. The summed E-state index contributed by atoms with van der Waals surface area (Å²) in [6.07, 6.45) is 0.350. The summed E-state index contributed by atoms with van der Waals surface area (Å²) in [4.78, 5) is 28.8. The van der Waals surface area contributed by atoms with Crippen LogP contribution in [0.1, 0.15) is 43.9 Å². The number of anilines is 1. The third-order valence-electron chi connectivity index (χ3n) is 6.80. The molecule has 9 nitrogen and oxygen atoms in total. The first-order chi connectivity index (χ1) is 19.9. The molecule has 10 heteroatoms. The molecule has 42 heavy (non-hydrogen) atoms. The van der Waals surface area contributed by atoms with Crippen molar-refractivity contribution in [3.05, 3.63) is 83.4 Å². The van der Waals surface area contributed by atoms with Gasteiger partial charge in [-0.15, -0.1) is 0 Å². The number of ether oxygens (including phenoxy) is 2. The summed E-state index contributed by atoms with van der Waals surface area (Å²) in [6, 6.07) is 17.9. The lowest BCUT2D eigenvalue weighted by atomic mass is 10.1. The first kappa shape index (κ1) is 32.5. The van der Waals surface area contributed by atoms with E-state index in [9.17, 15) is 18.0 Å². The molecule has 1 N–H and O–H groups in total. The van der Waals surface area contributed by atoms with Gasteiger partial charge in [-0.25, -0.2) is 8.42 Å². The molecule has 0 radical (unpaired) electrons. The van der Waals surface area contributed by atoms with Crippen LogP contribution in [0.15, 0.2) is 71.6 Å². The van der Waals surface area contributed by atoms with Crippen molar-refractivity contribution >= 4 is 27.5 Å². The molecule has 0 bridgehead atoms. The Labute approximate surface area is 249 Å². The van der Waals surface area contributed by atoms with Crippen LogP contribution >= 0.6 is 0 Å². The lowest BCUT2D eigenvalue weighted by Crippen LogP contribution is -2.53. The van der Waals surface area contributed by atoms with Gasteiger partial charge in [-0.2, -0.15) is 0 Å². The zero-order chi connectivity index (χ0) is 31.0. The van der Waals surface area contributed by atoms with E-state index in [4.69, 9.17) is 9.47 Å². The standard InChI is InChI=1S/C32H41N3O6S/c1-8-28(32(37)33-22(2)3)34(20-25-11-9-10-24(5)18-25)31(36)21-35(26-14-12-23(4)13-15-26)42(38,39)27-16-17-29(40-6)30(19-27)41-7/h9-19,22,28H,8,20-21H2,1-7H3,(H,33,37). The Balaban J connectivity index is 2.10. The SMILES string of the molecule is CCC(C(=O)NC(C)C)N(Cc1cccc(C)c1)C(=O)CN(c1ccc(C)cc1)S(=O)(=O)c1ccc(OC)c(OC)c1. The number of amides is 2. The summed E-state index contributed by atoms with van der Waals surface area (Å²) in [7, 11) is -1.37. The number of rotatable bonds is 13. The lowest BCUT2D eigenvalue weighted by Gasteiger charge is -2.33. The predicted octanol–water partition coefficient (Wildman–Crippen LogP) is 4.85. The topological polar surface area (TPSA) is 105 Å². The summed E-state index contributed by atoms with van der Waals surface area (Å²) in [5, 5.41) is 2.91. The van der Waals surface area contributed by atoms with Crippen LogP contribution in [0.4, 0.5) is 5.69 Å². The van der Waals surface area contributed by atoms with Crippen LogP contribution in [0.3, 0.4) is 0 Å². The molecule has 0 spiro atoms. The fraction of sp³-hybridized carbons (Fsp3) is 0.375. The maximum Gasteiger partial charge on any atom is 0.264 e. The summed E-state index contributed by atoms with van der Waals surface area (Å²) in [5.74, 6) is -0.183. The number of hydrogen-bond acceptors (Lipinski definition) is 6. The van der Waals surface area contributed by atoms with Gasteiger partial charge in [0.15, 0.2) is 11.5 Å². The van der Waals surface area contributed by atoms with Crippen LogP contribution in [-0.2, 0) is 26.2 Å². The number of sulfonamides is 1. The fourth-order valence-electron chi connectivity index (χ4n) is 4.65. The molecule has 0 aliphatic carbocycles. The Hall–Kier alpha value is -4.05. The van der Waals surface area contributed by atoms with Gasteiger partial charge < -0.3 is 19.7 Å². The number of carbonyl (C=O) groups is 2. The molecule has 0 aliphatic heterocycles. The Morgan fingerprint density at radius 1 is 0.881 bits per heavy atom. The van der Waals surface area contributed by atoms with Gasteiger partial charge in [0.25, 0.3) is 10.0 Å². The fourth-order valence-corrected chi connectivity index (χ4v) is 6.08. The number of nitrogens with zero attached hydrogens (tertiary/aromatic N) is 2. The molecule has 3 aromatic rings. The highest BCUT2D eigenvalue weighted by atomic mass is 32.2. The van der Waals surface area contributed by atoms with E-state index in [1.807, 2.05) is 58.9 Å². The number of carbonyl (C=O) groups excluding carboxylic acids is 2. The van der Waals surface area contributed by atoms with Gasteiger partial charge in [0.1, 0.15) is 12.6 Å². The monoisotopic (exact) mass is 595 g/mol. The first-order valence-electron chi connectivity index (χ1n) is 13.9. The molecule has 1 unspecified atom stereocenters. The van der Waals surface area contributed by atoms with Gasteiger partial charge in [0.05, 0.1) is 24.8 Å². The molecule has 0 saturated heterocycles. The van der Waals surface area contributed by atoms with Crippen LogP contribution in [0.2, 0.25) is 0 Å². The van der Waals surface area contributed by atoms with Crippen LogP contribution in [0, 0.1) is 13.8 Å². The highest BCUT2D eigenvalue weighted by Crippen LogP contribution is 2.32. The van der Waals surface area contributed by atoms with Gasteiger partial charge in [-0.1, -0.05) is 54.4 Å². The van der Waals surface area contributed by atoms with Gasteiger partial charge in [0, 0.05) is 18.7 Å². The molecular formula is C32H41N3O6S. The normalized spacial score (nSPS) is 12.0. The smallest absolute Gasteiger partial charge is 0.264 e. The zero-order valence-electron chi connectivity index (χ0n) is 25.4. The van der Waals surface area contributed by atoms with Gasteiger partial charge in [0.2, 0.25) is 11.8 Å². The van der Waals surface area contributed by atoms with Crippen LogP contribution in [0.5, 0.6) is 11.5 Å². The second-order valence-electron chi connectivity index (χ2n) is 10.5. The zero-order valence-corrected chi connectivity index (χ0v) is 26.2. The molecule has 2 amide bonds. The van der Waals surface area contributed by atoms with Gasteiger partial charge >= 0.3 is 0 Å². The Morgan fingerprint density at radius 2 is 1.55 bits per heavy atom. The molecule has 0 heterocycles. The Morgan fingerprint density at radius 3 is 2.12 bits per heavy atom. The molecule has 0 fully saturated rings. The van der Waals surface area contributed by atoms with Crippen molar-refractivity contribution in [3.63, 3.8) is 0 Å². The minimum atomic E-state index is -4.25. The third kappa shape index (κ3) is 7.82. The van der Waals surface area contributed by atoms with E-state index in [-0.39, 0.29) is 29.1 Å². The number of hydrogen-bond donors (Lipinski definition) is 1. The van der Waals surface area contributed by atoms with Crippen molar-refractivity contribution < 1.29 is 27.5 Å². The van der Waals surface area contributed by atoms with Crippen molar-refractivity contribution in [2.24, 2.45) is 0 Å². The highest BCUT2D eigenvalue weighted by molar-refractivity contribution is 7.92. The van der Waals surface area contributed by atoms with Crippen molar-refractivity contribution in [2.45, 2.75) is 64.6 Å². The van der Waals surface area contributed by atoms with Crippen molar-refractivity contribution in [1.82, 2.24) is 10.2 Å². The third-order valence-corrected chi connectivity index (χ3v) is 8.57. The quantitative estimate of drug-likeness (QED) is 0.303. The molecule has 0 aliphatic rings. The summed E-state index contributed by atoms with van der Waals surface area (Å²) >= 11 is 0. The number of benzene rings is 3. The minimum absolute atomic E-state index is 0.0663. The molecule has 3 aromatic carbocycles. The van der Waals surface area contributed by atoms with E-state index in [2.05, 4.69) is 5.32 Å². The second kappa shape index (κ2) is 14.2. The van der Waals surface area contributed by atoms with Crippen LogP contribution in [-0.4, -0.2) is 58.0 Å². The van der Waals surface area contributed by atoms with Crippen molar-refractivity contribution in [3.8, 4) is 11.5 Å². The van der Waals surface area contributed by atoms with E-state index in [1.165, 1.54) is 37.3 Å². The average molecular weight is 596 g/mol. The van der Waals surface area contributed by atoms with Crippen LogP contribution < -0.4 is 19.1 Å². The van der Waals surface area contributed by atoms with E-state index in [1.54, 1.807) is 24.3 Å². The molecule has 0 saturated carbocycles. The van der Waals surface area contributed by atoms with E-state index in [0.29, 0.717) is 17.9 Å². The molecule has 0 aromatic heterocycles. The van der Waals surface area contributed by atoms with Crippen LogP contribution in [0.25, 0.3) is 0 Å². The predicted molar refractivity (Wildman–Crippen MR) is 164 cm³/mol. The van der Waals surface area contributed by atoms with Crippen molar-refractivity contribution in [1.29, 1.82) is 0 Å². The number of methoxy groups -OCH3 is 2. The van der Waals surface area contributed by atoms with E-state index < -0.39 is 28.5 Å². The maximum atomic E-state index is 14.2. The minimum Gasteiger partial charge on any atom is -0.493 e. The molecular weight excluding hydrogens is 554 g/mol. The summed E-state index contributed by atoms with van der Waals surface area (Å²) in [6.45, 7) is 9.01.